The molecule has 2 N–H and O–H groups in total. The summed E-state index contributed by atoms with van der Waals surface area (Å²) in [4.78, 5) is 35.6. The molecule has 0 aliphatic carbocycles. The Kier molecular flexibility index (Phi) is 10.6. The predicted molar refractivity (Wildman–Crippen MR) is 146 cm³/mol. The van der Waals surface area contributed by atoms with Crippen molar-refractivity contribution < 1.29 is 14.7 Å². The van der Waals surface area contributed by atoms with Gasteiger partial charge in [0, 0.05) is 83.9 Å². The highest BCUT2D eigenvalue weighted by atomic mass is 32.1. The van der Waals surface area contributed by atoms with Crippen LogP contribution in [-0.2, 0) is 4.79 Å². The molecule has 192 valence electrons. The maximum Gasteiger partial charge on any atom is 0.211 e. The molecule has 0 radical (unpaired) electrons. The van der Waals surface area contributed by atoms with Crippen molar-refractivity contribution in [3.05, 3.63) is 75.7 Å². The third kappa shape index (κ3) is 7.69. The van der Waals surface area contributed by atoms with Gasteiger partial charge in [0.1, 0.15) is 6.23 Å². The minimum absolute atomic E-state index is 0.363. The Labute approximate surface area is 217 Å². The topological polar surface area (TPSA) is 89.0 Å². The number of aryl methyl sites for hydroxylation is 2. The van der Waals surface area contributed by atoms with E-state index in [-0.39, 0.29) is 0 Å². The SMILES string of the molecule is CN(CCN1CCN(c2ccncc2)CC1)C(O)c1c(C=O)cccc1NC=O.Cc1ccc(C)s1. The molecule has 9 heteroatoms. The number of hydrogen-bond donors (Lipinski definition) is 2. The van der Waals surface area contributed by atoms with Crippen LogP contribution in [-0.4, -0.2) is 78.9 Å². The van der Waals surface area contributed by atoms with E-state index in [0.29, 0.717) is 36.1 Å². The highest BCUT2D eigenvalue weighted by Crippen LogP contribution is 2.28. The first-order valence-corrected chi connectivity index (χ1v) is 12.8. The standard InChI is InChI=1S/C21H27N5O3.C6H8S/c1-24(21(29)20-17(15-27)3-2-4-19(20)23-16-28)9-10-25-11-13-26(14-12-25)18-5-7-22-8-6-18;1-5-3-4-6(2)7-5/h2-8,15-16,21,29H,9-14H2,1H3,(H,23,28);3-4H,1-2H3. The molecule has 1 unspecified atom stereocenters. The number of benzene rings is 1. The van der Waals surface area contributed by atoms with Crippen LogP contribution in [0.3, 0.4) is 0 Å². The van der Waals surface area contributed by atoms with Crippen molar-refractivity contribution in [1.29, 1.82) is 0 Å². The molecule has 8 nitrogen and oxygen atoms in total. The third-order valence-electron chi connectivity index (χ3n) is 6.20. The van der Waals surface area contributed by atoms with Gasteiger partial charge in [-0.05, 0) is 51.2 Å². The van der Waals surface area contributed by atoms with Gasteiger partial charge in [0.15, 0.2) is 6.29 Å². The number of carbonyl (C=O) groups is 2. The molecular weight excluding hydrogens is 474 g/mol. The minimum atomic E-state index is -0.989. The van der Waals surface area contributed by atoms with E-state index in [4.69, 9.17) is 0 Å². The lowest BCUT2D eigenvalue weighted by molar-refractivity contribution is -0.105. The van der Waals surface area contributed by atoms with Crippen LogP contribution < -0.4 is 10.2 Å². The van der Waals surface area contributed by atoms with E-state index in [1.54, 1.807) is 23.1 Å². The molecule has 1 amide bonds. The Bertz CT molecular complexity index is 1080. The monoisotopic (exact) mass is 509 g/mol. The molecule has 36 heavy (non-hydrogen) atoms. The highest BCUT2D eigenvalue weighted by Gasteiger charge is 2.22. The average Bonchev–Trinajstić information content (AvgIpc) is 3.30. The van der Waals surface area contributed by atoms with Gasteiger partial charge in [-0.2, -0.15) is 0 Å². The Morgan fingerprint density at radius 1 is 1.06 bits per heavy atom. The van der Waals surface area contributed by atoms with Crippen molar-refractivity contribution in [2.24, 2.45) is 0 Å². The predicted octanol–water partition coefficient (Wildman–Crippen LogP) is 3.57. The molecule has 1 fully saturated rings. The van der Waals surface area contributed by atoms with Crippen LogP contribution in [0.15, 0.2) is 54.9 Å². The fraction of sp³-hybridized carbons (Fsp3) is 0.370. The summed E-state index contributed by atoms with van der Waals surface area (Å²) in [5.41, 5.74) is 2.41. The maximum absolute atomic E-state index is 11.4. The van der Waals surface area contributed by atoms with Gasteiger partial charge in [-0.3, -0.25) is 24.4 Å². The molecule has 3 aromatic rings. The molecule has 1 aliphatic rings. The summed E-state index contributed by atoms with van der Waals surface area (Å²) in [6.07, 6.45) is 3.87. The number of aromatic nitrogens is 1. The first-order valence-electron chi connectivity index (χ1n) is 12.0. The molecule has 1 saturated heterocycles. The van der Waals surface area contributed by atoms with E-state index in [1.807, 2.05) is 42.9 Å². The van der Waals surface area contributed by atoms with E-state index in [0.717, 1.165) is 32.7 Å². The number of nitrogens with zero attached hydrogens (tertiary/aromatic N) is 4. The Morgan fingerprint density at radius 3 is 2.28 bits per heavy atom. The number of nitrogens with one attached hydrogen (secondary N) is 1. The number of aliphatic hydroxyl groups excluding tert-OH is 1. The van der Waals surface area contributed by atoms with Crippen molar-refractivity contribution in [3.63, 3.8) is 0 Å². The normalized spacial score (nSPS) is 14.6. The van der Waals surface area contributed by atoms with E-state index in [2.05, 4.69) is 46.1 Å². The zero-order valence-corrected chi connectivity index (χ0v) is 21.9. The second kappa shape index (κ2) is 13.8. The van der Waals surface area contributed by atoms with Crippen LogP contribution in [0.2, 0.25) is 0 Å². The van der Waals surface area contributed by atoms with Gasteiger partial charge in [0.2, 0.25) is 6.41 Å². The summed E-state index contributed by atoms with van der Waals surface area (Å²) in [7, 11) is 1.81. The van der Waals surface area contributed by atoms with Crippen molar-refractivity contribution in [3.8, 4) is 0 Å². The fourth-order valence-corrected chi connectivity index (χ4v) is 4.93. The lowest BCUT2D eigenvalue weighted by atomic mass is 10.0. The Morgan fingerprint density at radius 2 is 1.72 bits per heavy atom. The molecule has 1 atom stereocenters. The van der Waals surface area contributed by atoms with Gasteiger partial charge < -0.3 is 15.3 Å². The zero-order valence-electron chi connectivity index (χ0n) is 21.1. The fourth-order valence-electron chi connectivity index (χ4n) is 4.15. The van der Waals surface area contributed by atoms with Crippen molar-refractivity contribution in [2.75, 3.05) is 56.5 Å². The van der Waals surface area contributed by atoms with Crippen molar-refractivity contribution in [1.82, 2.24) is 14.8 Å². The van der Waals surface area contributed by atoms with Crippen LogP contribution >= 0.6 is 11.3 Å². The molecule has 0 bridgehead atoms. The molecule has 0 saturated carbocycles. The van der Waals surface area contributed by atoms with E-state index in [1.165, 1.54) is 15.4 Å². The number of thiophene rings is 1. The number of rotatable bonds is 9. The summed E-state index contributed by atoms with van der Waals surface area (Å²) in [5.74, 6) is 0. The maximum atomic E-state index is 11.4. The van der Waals surface area contributed by atoms with Crippen LogP contribution in [0, 0.1) is 13.8 Å². The molecule has 1 aliphatic heterocycles. The van der Waals surface area contributed by atoms with Crippen LogP contribution in [0.5, 0.6) is 0 Å². The summed E-state index contributed by atoms with van der Waals surface area (Å²) in [6, 6.07) is 13.3. The quantitative estimate of drug-likeness (QED) is 0.337. The number of aldehydes is 1. The van der Waals surface area contributed by atoms with Gasteiger partial charge in [-0.25, -0.2) is 0 Å². The number of piperazine rings is 1. The summed E-state index contributed by atoms with van der Waals surface area (Å²) in [6.45, 7) is 9.44. The largest absolute Gasteiger partial charge is 0.374 e. The number of carbonyl (C=O) groups excluding carboxylic acids is 2. The molecule has 1 aromatic carbocycles. The first-order chi connectivity index (χ1) is 17.4. The van der Waals surface area contributed by atoms with Crippen molar-refractivity contribution in [2.45, 2.75) is 20.1 Å². The second-order valence-electron chi connectivity index (χ2n) is 8.73. The second-order valence-corrected chi connectivity index (χ2v) is 10.2. The van der Waals surface area contributed by atoms with E-state index in [9.17, 15) is 14.7 Å². The van der Waals surface area contributed by atoms with Gasteiger partial charge in [-0.1, -0.05) is 12.1 Å². The zero-order chi connectivity index (χ0) is 25.9. The minimum Gasteiger partial charge on any atom is -0.374 e. The van der Waals surface area contributed by atoms with Crippen LogP contribution in [0.1, 0.15) is 31.9 Å². The number of likely N-dealkylation sites (N-methyl/N-ethyl adjacent to an activating group) is 1. The molecular formula is C27H35N5O3S. The smallest absolute Gasteiger partial charge is 0.211 e. The number of amides is 1. The molecule has 3 heterocycles. The van der Waals surface area contributed by atoms with Crippen LogP contribution in [0.4, 0.5) is 11.4 Å². The number of anilines is 2. The summed E-state index contributed by atoms with van der Waals surface area (Å²) < 4.78 is 0. The highest BCUT2D eigenvalue weighted by molar-refractivity contribution is 7.11. The lowest BCUT2D eigenvalue weighted by Gasteiger charge is -2.37. The molecule has 2 aromatic heterocycles. The van der Waals surface area contributed by atoms with Crippen LogP contribution in [0.25, 0.3) is 0 Å². The molecule has 4 rings (SSSR count). The number of pyridine rings is 1. The van der Waals surface area contributed by atoms with Gasteiger partial charge in [-0.15, -0.1) is 11.3 Å². The number of aliphatic hydroxyl groups is 1. The average molecular weight is 510 g/mol. The van der Waals surface area contributed by atoms with E-state index >= 15 is 0 Å². The summed E-state index contributed by atoms with van der Waals surface area (Å²) >= 11 is 1.84. The Hall–Kier alpha value is -3.11. The first kappa shape index (κ1) is 27.5. The summed E-state index contributed by atoms with van der Waals surface area (Å²) in [5, 5.41) is 13.4. The van der Waals surface area contributed by atoms with Gasteiger partial charge in [0.05, 0.1) is 0 Å². The number of hydrogen-bond acceptors (Lipinski definition) is 8. The van der Waals surface area contributed by atoms with E-state index < -0.39 is 6.23 Å². The lowest BCUT2D eigenvalue weighted by Crippen LogP contribution is -2.48. The van der Waals surface area contributed by atoms with Gasteiger partial charge >= 0.3 is 0 Å². The molecule has 0 spiro atoms. The Balaban J connectivity index is 0.000000444. The third-order valence-corrected chi connectivity index (χ3v) is 7.12. The van der Waals surface area contributed by atoms with Gasteiger partial charge in [0.25, 0.3) is 0 Å². The van der Waals surface area contributed by atoms with Crippen molar-refractivity contribution >= 4 is 35.4 Å².